The summed E-state index contributed by atoms with van der Waals surface area (Å²) in [6.07, 6.45) is 0. The first-order valence-corrected chi connectivity index (χ1v) is 10.8. The minimum absolute atomic E-state index is 0.289. The van der Waals surface area contributed by atoms with Crippen molar-refractivity contribution in [2.24, 2.45) is 0 Å². The average molecular weight is 479 g/mol. The first kappa shape index (κ1) is 23.1. The van der Waals surface area contributed by atoms with E-state index in [-0.39, 0.29) is 4.84 Å². The van der Waals surface area contributed by atoms with Crippen LogP contribution in [0.1, 0.15) is 18.1 Å². The van der Waals surface area contributed by atoms with Gasteiger partial charge in [0.25, 0.3) is 10.9 Å². The highest BCUT2D eigenvalue weighted by atomic mass is 32.1. The van der Waals surface area contributed by atoms with Gasteiger partial charge in [0.1, 0.15) is 17.3 Å². The van der Waals surface area contributed by atoms with Crippen molar-refractivity contribution in [3.05, 3.63) is 40.2 Å². The number of nitrogens with one attached hydrogen (secondary N) is 2. The molecule has 0 amide bonds. The standard InChI is InChI=1S/C14H16N4O2.C9H6N2O2S/c1-9-8-16-3-4-18(9)14-17-11-5-10(7-15)6-12(19-2)13(11)20-14;1-12-7-3-8-6(2-5(7)4-10)11-9(14)13-8/h5-6,9,16H,3-4,8H2,1-2H3;2-3H,1H3,(H,11,14)/t9-;/m0./s1. The minimum atomic E-state index is 0.289. The van der Waals surface area contributed by atoms with Gasteiger partial charge < -0.3 is 33.5 Å². The van der Waals surface area contributed by atoms with Crippen LogP contribution in [-0.4, -0.2) is 49.9 Å². The quantitative estimate of drug-likeness (QED) is 0.417. The molecule has 2 aromatic heterocycles. The van der Waals surface area contributed by atoms with Gasteiger partial charge in [-0.1, -0.05) is 0 Å². The molecule has 0 unspecified atom stereocenters. The normalized spacial score (nSPS) is 15.3. The van der Waals surface area contributed by atoms with Crippen molar-refractivity contribution in [1.29, 1.82) is 10.5 Å². The maximum atomic E-state index is 9.03. The third-order valence-corrected chi connectivity index (χ3v) is 5.59. The molecule has 11 heteroatoms. The van der Waals surface area contributed by atoms with Gasteiger partial charge in [0, 0.05) is 37.8 Å². The van der Waals surface area contributed by atoms with E-state index in [1.165, 1.54) is 7.11 Å². The predicted octanol–water partition coefficient (Wildman–Crippen LogP) is 3.88. The number of ether oxygens (including phenoxy) is 2. The number of benzene rings is 2. The minimum Gasteiger partial charge on any atom is -0.495 e. The molecule has 2 aromatic carbocycles. The van der Waals surface area contributed by atoms with Crippen molar-refractivity contribution in [2.45, 2.75) is 13.0 Å². The Hall–Kier alpha value is -4.06. The van der Waals surface area contributed by atoms with E-state index in [0.717, 1.165) is 19.6 Å². The zero-order valence-electron chi connectivity index (χ0n) is 18.8. The Kier molecular flexibility index (Phi) is 6.68. The fourth-order valence-electron chi connectivity index (χ4n) is 3.69. The Bertz CT molecular complexity index is 1480. The summed E-state index contributed by atoms with van der Waals surface area (Å²) in [4.78, 5) is 9.75. The number of fused-ring (bicyclic) bond motifs is 2. The van der Waals surface area contributed by atoms with Crippen molar-refractivity contribution in [1.82, 2.24) is 15.3 Å². The van der Waals surface area contributed by atoms with E-state index in [9.17, 15) is 0 Å². The Labute approximate surface area is 200 Å². The van der Waals surface area contributed by atoms with Crippen LogP contribution < -0.4 is 19.7 Å². The predicted molar refractivity (Wildman–Crippen MR) is 128 cm³/mol. The zero-order chi connectivity index (χ0) is 24.2. The number of methoxy groups -OCH3 is 2. The van der Waals surface area contributed by atoms with Gasteiger partial charge in [-0.15, -0.1) is 0 Å². The number of aromatic nitrogens is 2. The van der Waals surface area contributed by atoms with Gasteiger partial charge in [0.05, 0.1) is 36.9 Å². The molecule has 10 nitrogen and oxygen atoms in total. The van der Waals surface area contributed by atoms with Crippen molar-refractivity contribution >= 4 is 40.4 Å². The molecule has 0 bridgehead atoms. The Morgan fingerprint density at radius 3 is 2.59 bits per heavy atom. The van der Waals surface area contributed by atoms with Crippen LogP contribution in [0.4, 0.5) is 6.01 Å². The molecular formula is C23H22N6O4S. The molecule has 0 aliphatic carbocycles. The van der Waals surface area contributed by atoms with E-state index in [0.29, 0.717) is 56.9 Å². The fraction of sp³-hybridized carbons (Fsp3) is 0.304. The molecule has 2 N–H and O–H groups in total. The molecular weight excluding hydrogens is 456 g/mol. The van der Waals surface area contributed by atoms with Gasteiger partial charge in [0.2, 0.25) is 0 Å². The van der Waals surface area contributed by atoms with E-state index in [2.05, 4.69) is 33.2 Å². The molecule has 0 spiro atoms. The molecule has 1 saturated heterocycles. The summed E-state index contributed by atoms with van der Waals surface area (Å²) in [6.45, 7) is 4.78. The van der Waals surface area contributed by atoms with Gasteiger partial charge in [-0.2, -0.15) is 15.5 Å². The number of anilines is 1. The van der Waals surface area contributed by atoms with Crippen LogP contribution in [0, 0.1) is 27.5 Å². The van der Waals surface area contributed by atoms with E-state index in [1.54, 1.807) is 31.4 Å². The summed E-state index contributed by atoms with van der Waals surface area (Å²) in [5, 5.41) is 21.2. The lowest BCUT2D eigenvalue weighted by atomic mass is 10.2. The third kappa shape index (κ3) is 4.53. The van der Waals surface area contributed by atoms with Crippen LogP contribution in [0.15, 0.2) is 33.1 Å². The van der Waals surface area contributed by atoms with Crippen LogP contribution >= 0.6 is 12.2 Å². The smallest absolute Gasteiger partial charge is 0.298 e. The van der Waals surface area contributed by atoms with Crippen LogP contribution in [0.3, 0.4) is 0 Å². The van der Waals surface area contributed by atoms with Crippen molar-refractivity contribution in [2.75, 3.05) is 38.8 Å². The Morgan fingerprint density at radius 2 is 1.91 bits per heavy atom. The highest BCUT2D eigenvalue weighted by Gasteiger charge is 2.24. The zero-order valence-corrected chi connectivity index (χ0v) is 19.7. The van der Waals surface area contributed by atoms with Crippen molar-refractivity contribution in [3.8, 4) is 23.6 Å². The number of hydrogen-bond acceptors (Lipinski definition) is 10. The van der Waals surface area contributed by atoms with Gasteiger partial charge in [-0.25, -0.2) is 0 Å². The number of hydrogen-bond donors (Lipinski definition) is 2. The number of nitriles is 2. The molecule has 34 heavy (non-hydrogen) atoms. The summed E-state index contributed by atoms with van der Waals surface area (Å²) >= 11 is 4.83. The molecule has 3 heterocycles. The lowest BCUT2D eigenvalue weighted by Crippen LogP contribution is -2.50. The van der Waals surface area contributed by atoms with Crippen LogP contribution in [0.5, 0.6) is 11.5 Å². The average Bonchev–Trinajstić information content (AvgIpc) is 3.44. The molecule has 1 aliphatic rings. The third-order valence-electron chi connectivity index (χ3n) is 5.40. The first-order chi connectivity index (χ1) is 16.5. The molecule has 4 aromatic rings. The van der Waals surface area contributed by atoms with Crippen LogP contribution in [0.2, 0.25) is 0 Å². The highest BCUT2D eigenvalue weighted by molar-refractivity contribution is 7.71. The lowest BCUT2D eigenvalue weighted by Gasteiger charge is -2.32. The highest BCUT2D eigenvalue weighted by Crippen LogP contribution is 2.32. The van der Waals surface area contributed by atoms with Gasteiger partial charge in [-0.05, 0) is 31.3 Å². The van der Waals surface area contributed by atoms with Crippen LogP contribution in [-0.2, 0) is 0 Å². The number of piperazine rings is 1. The monoisotopic (exact) mass is 478 g/mol. The molecule has 5 rings (SSSR count). The van der Waals surface area contributed by atoms with Crippen molar-refractivity contribution < 1.29 is 18.3 Å². The van der Waals surface area contributed by atoms with Gasteiger partial charge in [0.15, 0.2) is 16.9 Å². The molecule has 0 radical (unpaired) electrons. The van der Waals surface area contributed by atoms with Gasteiger partial charge >= 0.3 is 0 Å². The lowest BCUT2D eigenvalue weighted by molar-refractivity contribution is 0.406. The van der Waals surface area contributed by atoms with Crippen LogP contribution in [0.25, 0.3) is 22.2 Å². The van der Waals surface area contributed by atoms with Crippen molar-refractivity contribution in [3.63, 3.8) is 0 Å². The molecule has 174 valence electrons. The maximum absolute atomic E-state index is 9.03. The number of aromatic amines is 1. The van der Waals surface area contributed by atoms with Gasteiger partial charge in [-0.3, -0.25) is 0 Å². The number of H-pyrrole nitrogens is 1. The first-order valence-electron chi connectivity index (χ1n) is 10.4. The topological polar surface area (TPSA) is 136 Å². The van der Waals surface area contributed by atoms with E-state index < -0.39 is 0 Å². The number of nitrogens with zero attached hydrogens (tertiary/aromatic N) is 4. The second kappa shape index (κ2) is 9.83. The number of oxazole rings is 2. The SMILES string of the molecule is COc1cc(C#N)cc2nc(N3CCNC[C@@H]3C)oc12.COc1cc2oc(=S)[nH]c2cc1C#N. The molecule has 0 saturated carbocycles. The van der Waals surface area contributed by atoms with E-state index in [4.69, 9.17) is 41.0 Å². The Morgan fingerprint density at radius 1 is 1.12 bits per heavy atom. The summed E-state index contributed by atoms with van der Waals surface area (Å²) < 4.78 is 21.3. The van der Waals surface area contributed by atoms with E-state index in [1.807, 2.05) is 6.07 Å². The summed E-state index contributed by atoms with van der Waals surface area (Å²) in [7, 11) is 3.06. The maximum Gasteiger partial charge on any atom is 0.298 e. The second-order valence-electron chi connectivity index (χ2n) is 7.56. The summed E-state index contributed by atoms with van der Waals surface area (Å²) in [5.74, 6) is 1.03. The molecule has 1 atom stereocenters. The fourth-order valence-corrected chi connectivity index (χ4v) is 3.89. The molecule has 1 aliphatic heterocycles. The second-order valence-corrected chi connectivity index (χ2v) is 7.93. The van der Waals surface area contributed by atoms with E-state index >= 15 is 0 Å². The largest absolute Gasteiger partial charge is 0.495 e. The summed E-state index contributed by atoms with van der Waals surface area (Å²) in [5.41, 5.74) is 3.50. The molecule has 1 fully saturated rings. The summed E-state index contributed by atoms with van der Waals surface area (Å²) in [6, 6.07) is 11.7. The number of rotatable bonds is 3. The Balaban J connectivity index is 0.000000172.